The predicted molar refractivity (Wildman–Crippen MR) is 222 cm³/mol. The third kappa shape index (κ3) is 20.9. The number of carbonyl (C=O) groups excluding carboxylic acids is 6. The minimum absolute atomic E-state index is 0.0133. The van der Waals surface area contributed by atoms with Crippen molar-refractivity contribution in [3.63, 3.8) is 0 Å². The first-order valence-electron chi connectivity index (χ1n) is 20.1. The topological polar surface area (TPSA) is 311 Å². The van der Waals surface area contributed by atoms with E-state index in [0.717, 1.165) is 11.1 Å². The van der Waals surface area contributed by atoms with Crippen molar-refractivity contribution in [1.29, 1.82) is 0 Å². The maximum absolute atomic E-state index is 13.4. The van der Waals surface area contributed by atoms with Gasteiger partial charge in [-0.1, -0.05) is 65.9 Å². The molecule has 0 aliphatic carbocycles. The molecule has 0 unspecified atom stereocenters. The summed E-state index contributed by atoms with van der Waals surface area (Å²) in [6.45, 7) is 2.10. The van der Waals surface area contributed by atoms with Crippen molar-refractivity contribution in [1.82, 2.24) is 36.3 Å². The fourth-order valence-electron chi connectivity index (χ4n) is 5.66. The van der Waals surface area contributed by atoms with Gasteiger partial charge in [-0.3, -0.25) is 33.8 Å². The molecule has 3 aromatic rings. The molecule has 62 heavy (non-hydrogen) atoms. The first-order chi connectivity index (χ1) is 29.8. The Morgan fingerprint density at radius 1 is 0.758 bits per heavy atom. The number of aliphatic carboxylic acids is 1. The van der Waals surface area contributed by atoms with Gasteiger partial charge in [0.2, 0.25) is 23.6 Å². The van der Waals surface area contributed by atoms with Crippen molar-refractivity contribution in [2.24, 2.45) is 16.5 Å². The number of rotatable bonds is 29. The SMILES string of the molecule is CC(=O)N[C@H](CCC(=O)OCc1ccccc1)C(=O)N[C@@H](CCC(=O)OCc1ccccc1)C(=O)NCCOCCn1cc(CCC(=O)N[C@@H](CCCN=C(N)N)C(=O)O)nn1. The van der Waals surface area contributed by atoms with Gasteiger partial charge in [-0.05, 0) is 36.8 Å². The van der Waals surface area contributed by atoms with Gasteiger partial charge in [-0.15, -0.1) is 5.10 Å². The molecule has 0 aliphatic heterocycles. The smallest absolute Gasteiger partial charge is 0.326 e. The van der Waals surface area contributed by atoms with E-state index in [9.17, 15) is 38.7 Å². The molecule has 3 rings (SSSR count). The maximum Gasteiger partial charge on any atom is 0.326 e. The van der Waals surface area contributed by atoms with Gasteiger partial charge in [0.15, 0.2) is 5.96 Å². The van der Waals surface area contributed by atoms with Crippen LogP contribution in [-0.2, 0) is 74.0 Å². The molecule has 21 nitrogen and oxygen atoms in total. The molecule has 0 bridgehead atoms. The Labute approximate surface area is 358 Å². The Morgan fingerprint density at radius 3 is 1.92 bits per heavy atom. The molecule has 1 aromatic heterocycles. The molecule has 336 valence electrons. The predicted octanol–water partition coefficient (Wildman–Crippen LogP) is 0.00320. The van der Waals surface area contributed by atoms with Crippen LogP contribution in [0.4, 0.5) is 0 Å². The summed E-state index contributed by atoms with van der Waals surface area (Å²) in [5, 5.41) is 27.8. The Bertz CT molecular complexity index is 1920. The number of nitrogens with zero attached hydrogens (tertiary/aromatic N) is 4. The van der Waals surface area contributed by atoms with Crippen LogP contribution in [-0.4, -0.2) is 112 Å². The molecule has 9 N–H and O–H groups in total. The Balaban J connectivity index is 1.47. The van der Waals surface area contributed by atoms with Gasteiger partial charge in [0.25, 0.3) is 0 Å². The summed E-state index contributed by atoms with van der Waals surface area (Å²) in [7, 11) is 0. The van der Waals surface area contributed by atoms with Crippen LogP contribution >= 0.6 is 0 Å². The minimum Gasteiger partial charge on any atom is -0.480 e. The number of hydrogen-bond donors (Lipinski definition) is 7. The van der Waals surface area contributed by atoms with E-state index in [1.807, 2.05) is 12.1 Å². The summed E-state index contributed by atoms with van der Waals surface area (Å²) in [4.78, 5) is 91.6. The lowest BCUT2D eigenvalue weighted by Crippen LogP contribution is -2.54. The normalized spacial score (nSPS) is 12.1. The second-order valence-electron chi connectivity index (χ2n) is 14.0. The quantitative estimate of drug-likeness (QED) is 0.0209. The molecule has 0 saturated heterocycles. The number of carbonyl (C=O) groups is 7. The highest BCUT2D eigenvalue weighted by molar-refractivity contribution is 5.92. The highest BCUT2D eigenvalue weighted by atomic mass is 16.5. The van der Waals surface area contributed by atoms with Gasteiger partial charge in [0.1, 0.15) is 31.3 Å². The number of amides is 4. The van der Waals surface area contributed by atoms with Crippen LogP contribution < -0.4 is 32.7 Å². The van der Waals surface area contributed by atoms with Crippen molar-refractivity contribution in [3.05, 3.63) is 83.7 Å². The van der Waals surface area contributed by atoms with E-state index in [-0.39, 0.29) is 97.0 Å². The molecule has 1 heterocycles. The number of aliphatic imine (C=N–C) groups is 1. The second kappa shape index (κ2) is 27.8. The molecule has 0 saturated carbocycles. The maximum atomic E-state index is 13.4. The van der Waals surface area contributed by atoms with Crippen molar-refractivity contribution < 1.29 is 52.9 Å². The van der Waals surface area contributed by atoms with Crippen LogP contribution in [0.5, 0.6) is 0 Å². The van der Waals surface area contributed by atoms with E-state index in [0.29, 0.717) is 12.1 Å². The van der Waals surface area contributed by atoms with Crippen molar-refractivity contribution in [3.8, 4) is 0 Å². The summed E-state index contributed by atoms with van der Waals surface area (Å²) in [6.07, 6.45) is 1.69. The van der Waals surface area contributed by atoms with E-state index >= 15 is 0 Å². The molecule has 0 radical (unpaired) electrons. The molecular weight excluding hydrogens is 809 g/mol. The van der Waals surface area contributed by atoms with E-state index in [1.165, 1.54) is 11.6 Å². The first-order valence-corrected chi connectivity index (χ1v) is 20.1. The molecular formula is C41H56N10O11. The van der Waals surface area contributed by atoms with Crippen LogP contribution in [0.15, 0.2) is 71.9 Å². The molecule has 0 aliphatic rings. The van der Waals surface area contributed by atoms with Crippen molar-refractivity contribution in [2.75, 3.05) is 26.3 Å². The zero-order valence-electron chi connectivity index (χ0n) is 34.7. The summed E-state index contributed by atoms with van der Waals surface area (Å²) in [5.41, 5.74) is 12.6. The third-order valence-corrected chi connectivity index (χ3v) is 8.87. The molecule has 4 amide bonds. The highest BCUT2D eigenvalue weighted by Crippen LogP contribution is 2.09. The first kappa shape index (κ1) is 49.5. The number of nitrogens with two attached hydrogens (primary N) is 2. The van der Waals surface area contributed by atoms with Crippen LogP contribution in [0.3, 0.4) is 0 Å². The Kier molecular flexibility index (Phi) is 22.2. The number of carboxylic acid groups (broad SMARTS) is 1. The lowest BCUT2D eigenvalue weighted by atomic mass is 10.1. The van der Waals surface area contributed by atoms with Crippen molar-refractivity contribution in [2.45, 2.75) is 96.2 Å². The average Bonchev–Trinajstić information content (AvgIpc) is 3.71. The van der Waals surface area contributed by atoms with Crippen LogP contribution in [0, 0.1) is 0 Å². The molecule has 21 heteroatoms. The van der Waals surface area contributed by atoms with E-state index in [4.69, 9.17) is 25.7 Å². The van der Waals surface area contributed by atoms with Gasteiger partial charge in [-0.25, -0.2) is 9.48 Å². The second-order valence-corrected chi connectivity index (χ2v) is 14.0. The number of aromatic nitrogens is 3. The Morgan fingerprint density at radius 2 is 1.35 bits per heavy atom. The average molecular weight is 865 g/mol. The van der Waals surface area contributed by atoms with Gasteiger partial charge >= 0.3 is 17.9 Å². The zero-order valence-corrected chi connectivity index (χ0v) is 34.7. The summed E-state index contributed by atoms with van der Waals surface area (Å²) in [6, 6.07) is 14.6. The van der Waals surface area contributed by atoms with Crippen LogP contribution in [0.1, 0.15) is 68.7 Å². The highest BCUT2D eigenvalue weighted by Gasteiger charge is 2.28. The monoisotopic (exact) mass is 864 g/mol. The number of hydrogen-bond acceptors (Lipinski definition) is 13. The summed E-state index contributed by atoms with van der Waals surface area (Å²) < 4.78 is 17.8. The van der Waals surface area contributed by atoms with Gasteiger partial charge in [0.05, 0.1) is 25.5 Å². The number of carboxylic acids is 1. The van der Waals surface area contributed by atoms with Gasteiger partial charge in [0, 0.05) is 51.9 Å². The zero-order chi connectivity index (χ0) is 45.1. The van der Waals surface area contributed by atoms with E-state index in [2.05, 4.69) is 36.6 Å². The van der Waals surface area contributed by atoms with Crippen LogP contribution in [0.25, 0.3) is 0 Å². The standard InChI is InChI=1S/C41H56N10O11/c1-28(52)46-33(16-19-37(55)62-27-30-11-6-3-7-12-30)39(57)48-32(15-18-36(54)61-26-29-9-4-2-5-10-29)38(56)44-21-23-60-24-22-51-25-31(49-50-51)14-17-35(53)47-34(40(58)59)13-8-20-45-41(42)43/h2-7,9-12,25,32-34H,8,13-24,26-27H2,1H3,(H,44,56)(H,46,52)(H,47,53)(H,48,57)(H,58,59)(H4,42,43,45)/t32-,33+,34-/m0/s1. The largest absolute Gasteiger partial charge is 0.480 e. The molecule has 0 fully saturated rings. The molecule has 2 aromatic carbocycles. The van der Waals surface area contributed by atoms with E-state index < -0.39 is 59.7 Å². The summed E-state index contributed by atoms with van der Waals surface area (Å²) in [5.74, 6) is -4.80. The lowest BCUT2D eigenvalue weighted by molar-refractivity contribution is -0.146. The number of benzene rings is 2. The number of aryl methyl sites for hydroxylation is 1. The minimum atomic E-state index is -1.21. The Hall–Kier alpha value is -6.90. The number of nitrogens with one attached hydrogen (secondary N) is 4. The lowest BCUT2D eigenvalue weighted by Gasteiger charge is -2.23. The fourth-order valence-corrected chi connectivity index (χ4v) is 5.66. The number of esters is 2. The fraction of sp³-hybridized carbons (Fsp3) is 0.463. The third-order valence-electron chi connectivity index (χ3n) is 8.87. The van der Waals surface area contributed by atoms with E-state index in [1.54, 1.807) is 54.7 Å². The number of guanidine groups is 1. The summed E-state index contributed by atoms with van der Waals surface area (Å²) >= 11 is 0. The molecule has 0 spiro atoms. The number of ether oxygens (including phenoxy) is 3. The molecule has 3 atom stereocenters. The van der Waals surface area contributed by atoms with Gasteiger partial charge in [-0.2, -0.15) is 0 Å². The van der Waals surface area contributed by atoms with Crippen molar-refractivity contribution >= 4 is 47.5 Å². The van der Waals surface area contributed by atoms with Gasteiger partial charge < -0.3 is 52.1 Å². The van der Waals surface area contributed by atoms with Crippen LogP contribution in [0.2, 0.25) is 0 Å².